The average Bonchev–Trinajstić information content (AvgIpc) is 2.59. The Kier molecular flexibility index (Phi) is 10.3. The smallest absolute Gasteiger partial charge is 0.768 e. The molecule has 0 amide bonds. The van der Waals surface area contributed by atoms with Crippen LogP contribution in [0.4, 0.5) is 0 Å². The van der Waals surface area contributed by atoms with Gasteiger partial charge in [-0.3, -0.25) is 8.89 Å². The second-order valence-corrected chi connectivity index (χ2v) is 5.60. The number of aryl methyl sites for hydroxylation is 2. The predicted molar refractivity (Wildman–Crippen MR) is 72.3 cm³/mol. The third-order valence-electron chi connectivity index (χ3n) is 3.21. The van der Waals surface area contributed by atoms with E-state index in [4.69, 9.17) is 0 Å². The first-order valence-corrected chi connectivity index (χ1v) is 7.78. The molecule has 1 rings (SSSR count). The van der Waals surface area contributed by atoms with Crippen molar-refractivity contribution in [1.82, 2.24) is 9.78 Å². The molecule has 1 unspecified atom stereocenters. The molecule has 0 spiro atoms. The third kappa shape index (κ3) is 6.08. The molecule has 0 N–H and O–H groups in total. The van der Waals surface area contributed by atoms with Crippen LogP contribution in [0.3, 0.4) is 0 Å². The molecule has 19 heavy (non-hydrogen) atoms. The van der Waals surface area contributed by atoms with Crippen LogP contribution in [-0.4, -0.2) is 18.5 Å². The zero-order valence-electron chi connectivity index (χ0n) is 12.6. The van der Waals surface area contributed by atoms with Crippen molar-refractivity contribution >= 4 is 11.1 Å². The molecule has 1 atom stereocenters. The zero-order chi connectivity index (χ0) is 13.5. The van der Waals surface area contributed by atoms with Gasteiger partial charge in [-0.25, -0.2) is 0 Å². The molecule has 0 aliphatic heterocycles. The topological polar surface area (TPSA) is 58.0 Å². The minimum atomic E-state index is -2.18. The molecule has 0 fully saturated rings. The Labute approximate surface area is 140 Å². The van der Waals surface area contributed by atoms with Gasteiger partial charge in [0.1, 0.15) is 0 Å². The van der Waals surface area contributed by atoms with Gasteiger partial charge in [0, 0.05) is 6.54 Å². The molecular weight excluding hydrogens is 271 g/mol. The van der Waals surface area contributed by atoms with Crippen molar-refractivity contribution in [2.45, 2.75) is 70.7 Å². The minimum absolute atomic E-state index is 0. The van der Waals surface area contributed by atoms with Gasteiger partial charge in [-0.15, -0.1) is 0 Å². The molecule has 1 aromatic heterocycles. The van der Waals surface area contributed by atoms with E-state index in [1.807, 2.05) is 11.6 Å². The van der Waals surface area contributed by atoms with Crippen LogP contribution in [0.1, 0.15) is 56.8 Å². The molecule has 0 saturated heterocycles. The second-order valence-electron chi connectivity index (χ2n) is 4.73. The van der Waals surface area contributed by atoms with Crippen molar-refractivity contribution in [3.05, 3.63) is 11.4 Å². The van der Waals surface area contributed by atoms with Crippen LogP contribution in [-0.2, 0) is 17.6 Å². The first kappa shape index (κ1) is 19.3. The summed E-state index contributed by atoms with van der Waals surface area (Å²) in [5.41, 5.74) is 1.36. The van der Waals surface area contributed by atoms with E-state index >= 15 is 0 Å². The minimum Gasteiger partial charge on any atom is -0.768 e. The number of aromatic nitrogens is 2. The predicted octanol–water partition coefficient (Wildman–Crippen LogP) is 0.102. The Hall–Kier alpha value is 0.320. The van der Waals surface area contributed by atoms with Gasteiger partial charge in [0.05, 0.1) is 16.3 Å². The monoisotopic (exact) mass is 294 g/mol. The van der Waals surface area contributed by atoms with Crippen LogP contribution >= 0.6 is 0 Å². The molecule has 0 bridgehead atoms. The molecule has 1 heterocycles. The van der Waals surface area contributed by atoms with Crippen LogP contribution in [0.15, 0.2) is 4.90 Å². The number of rotatable bonds is 8. The largest absolute Gasteiger partial charge is 1.00 e. The van der Waals surface area contributed by atoms with Gasteiger partial charge in [-0.2, -0.15) is 5.10 Å². The quantitative estimate of drug-likeness (QED) is 0.388. The summed E-state index contributed by atoms with van der Waals surface area (Å²) in [6.45, 7) is 6.59. The standard InChI is InChI=1S/C13H24N2O2S.Na/c1-4-5-6-7-8-9-10-15-12(3)13(18(16)17)11(2)14-15;/h4-10H2,1-3H3,(H,16,17);/q;+1/p-1. The van der Waals surface area contributed by atoms with Gasteiger partial charge in [0.2, 0.25) is 0 Å². The summed E-state index contributed by atoms with van der Waals surface area (Å²) >= 11 is -2.18. The SMILES string of the molecule is CCCCCCCCn1nc(C)c(S(=O)[O-])c1C.[Na+]. The first-order chi connectivity index (χ1) is 8.57. The molecule has 0 saturated carbocycles. The Balaban J connectivity index is 0.00000324. The Morgan fingerprint density at radius 3 is 2.26 bits per heavy atom. The summed E-state index contributed by atoms with van der Waals surface area (Å²) in [5.74, 6) is 0. The van der Waals surface area contributed by atoms with Gasteiger partial charge in [-0.1, -0.05) is 39.0 Å². The number of hydrogen-bond donors (Lipinski definition) is 0. The Morgan fingerprint density at radius 2 is 1.74 bits per heavy atom. The van der Waals surface area contributed by atoms with Crippen molar-refractivity contribution in [3.8, 4) is 0 Å². The van der Waals surface area contributed by atoms with Gasteiger partial charge in [-0.05, 0) is 31.3 Å². The van der Waals surface area contributed by atoms with Crippen LogP contribution in [0.5, 0.6) is 0 Å². The van der Waals surface area contributed by atoms with Gasteiger partial charge >= 0.3 is 29.6 Å². The zero-order valence-corrected chi connectivity index (χ0v) is 15.4. The maximum Gasteiger partial charge on any atom is 1.00 e. The molecule has 4 nitrogen and oxygen atoms in total. The van der Waals surface area contributed by atoms with Crippen molar-refractivity contribution in [2.24, 2.45) is 0 Å². The van der Waals surface area contributed by atoms with E-state index < -0.39 is 11.1 Å². The number of hydrogen-bond acceptors (Lipinski definition) is 3. The van der Waals surface area contributed by atoms with E-state index in [-0.39, 0.29) is 29.6 Å². The van der Waals surface area contributed by atoms with E-state index in [1.54, 1.807) is 6.92 Å². The summed E-state index contributed by atoms with van der Waals surface area (Å²) in [7, 11) is 0. The maximum atomic E-state index is 11.1. The summed E-state index contributed by atoms with van der Waals surface area (Å²) < 4.78 is 23.9. The van der Waals surface area contributed by atoms with E-state index in [0.717, 1.165) is 18.7 Å². The molecule has 0 radical (unpaired) electrons. The van der Waals surface area contributed by atoms with E-state index in [9.17, 15) is 8.76 Å². The van der Waals surface area contributed by atoms with E-state index in [1.165, 1.54) is 32.1 Å². The normalized spacial score (nSPS) is 12.2. The Bertz CT molecular complexity index is 408. The van der Waals surface area contributed by atoms with Crippen LogP contribution < -0.4 is 29.6 Å². The molecule has 0 aliphatic rings. The van der Waals surface area contributed by atoms with Crippen molar-refractivity contribution in [3.63, 3.8) is 0 Å². The van der Waals surface area contributed by atoms with Crippen LogP contribution in [0, 0.1) is 13.8 Å². The molecule has 104 valence electrons. The molecule has 0 aromatic carbocycles. The average molecular weight is 294 g/mol. The Morgan fingerprint density at radius 1 is 1.16 bits per heavy atom. The summed E-state index contributed by atoms with van der Waals surface area (Å²) in [6.07, 6.45) is 7.37. The van der Waals surface area contributed by atoms with Gasteiger partial charge in [0.25, 0.3) is 0 Å². The van der Waals surface area contributed by atoms with E-state index in [2.05, 4.69) is 12.0 Å². The van der Waals surface area contributed by atoms with Crippen molar-refractivity contribution in [2.75, 3.05) is 0 Å². The maximum absolute atomic E-state index is 11.1. The van der Waals surface area contributed by atoms with Gasteiger partial charge < -0.3 is 4.55 Å². The molecule has 1 aromatic rings. The summed E-state index contributed by atoms with van der Waals surface area (Å²) in [5, 5.41) is 4.29. The van der Waals surface area contributed by atoms with Crippen LogP contribution in [0.25, 0.3) is 0 Å². The summed E-state index contributed by atoms with van der Waals surface area (Å²) in [6, 6.07) is 0. The van der Waals surface area contributed by atoms with Crippen molar-refractivity contribution < 1.29 is 38.3 Å². The van der Waals surface area contributed by atoms with Crippen molar-refractivity contribution in [1.29, 1.82) is 0 Å². The fourth-order valence-electron chi connectivity index (χ4n) is 2.18. The molecule has 0 aliphatic carbocycles. The summed E-state index contributed by atoms with van der Waals surface area (Å²) in [4.78, 5) is 0.362. The first-order valence-electron chi connectivity index (χ1n) is 6.71. The van der Waals surface area contributed by atoms with Gasteiger partial charge in [0.15, 0.2) is 0 Å². The van der Waals surface area contributed by atoms with Crippen LogP contribution in [0.2, 0.25) is 0 Å². The molecular formula is C13H23N2NaO2S. The van der Waals surface area contributed by atoms with E-state index in [0.29, 0.717) is 10.6 Å². The number of unbranched alkanes of at least 4 members (excludes halogenated alkanes) is 5. The molecule has 6 heteroatoms. The number of nitrogens with zero attached hydrogens (tertiary/aromatic N) is 2. The second kappa shape index (κ2) is 10.1. The fourth-order valence-corrected chi connectivity index (χ4v) is 2.81. The third-order valence-corrected chi connectivity index (χ3v) is 4.13. The fraction of sp³-hybridized carbons (Fsp3) is 0.769.